The summed E-state index contributed by atoms with van der Waals surface area (Å²) in [6, 6.07) is 13.7. The van der Waals surface area contributed by atoms with Gasteiger partial charge in [-0.2, -0.15) is 0 Å². The highest BCUT2D eigenvalue weighted by molar-refractivity contribution is 6.33. The van der Waals surface area contributed by atoms with Crippen molar-refractivity contribution in [3.63, 3.8) is 0 Å². The lowest BCUT2D eigenvalue weighted by Gasteiger charge is -2.33. The smallest absolute Gasteiger partial charge is 0.335 e. The molecule has 2 aromatic carbocycles. The molecule has 6 heteroatoms. The molecule has 0 aromatic heterocycles. The molecule has 130 valence electrons. The van der Waals surface area contributed by atoms with Gasteiger partial charge in [0.15, 0.2) is 0 Å². The standard InChI is InChI=1S/C19H19ClN2O3/c20-15-4-1-2-6-17(15)22-11-3-5-16(18(22)23)21-12-13-7-9-14(10-8-13)19(24)25/h1-2,4,6-10,16,21H,3,5,11-12H2,(H,24,25). The van der Waals surface area contributed by atoms with E-state index in [1.807, 2.05) is 18.2 Å². The van der Waals surface area contributed by atoms with Crippen molar-refractivity contribution in [2.75, 3.05) is 11.4 Å². The number of amides is 1. The van der Waals surface area contributed by atoms with Crippen LogP contribution in [0.1, 0.15) is 28.8 Å². The van der Waals surface area contributed by atoms with Gasteiger partial charge in [-0.1, -0.05) is 35.9 Å². The summed E-state index contributed by atoms with van der Waals surface area (Å²) in [5.41, 5.74) is 1.93. The highest BCUT2D eigenvalue weighted by atomic mass is 35.5. The molecule has 0 spiro atoms. The fourth-order valence-electron chi connectivity index (χ4n) is 2.98. The number of carbonyl (C=O) groups excluding carboxylic acids is 1. The van der Waals surface area contributed by atoms with E-state index in [1.54, 1.807) is 35.2 Å². The summed E-state index contributed by atoms with van der Waals surface area (Å²) in [7, 11) is 0. The SMILES string of the molecule is O=C(O)c1ccc(CNC2CCCN(c3ccccc3Cl)C2=O)cc1. The number of rotatable bonds is 5. The topological polar surface area (TPSA) is 69.6 Å². The third-order valence-electron chi connectivity index (χ3n) is 4.34. The first-order valence-electron chi connectivity index (χ1n) is 8.18. The summed E-state index contributed by atoms with van der Waals surface area (Å²) in [5.74, 6) is -0.932. The summed E-state index contributed by atoms with van der Waals surface area (Å²) in [6.45, 7) is 1.17. The number of aromatic carboxylic acids is 1. The van der Waals surface area contributed by atoms with Gasteiger partial charge in [0.2, 0.25) is 5.91 Å². The lowest BCUT2D eigenvalue weighted by atomic mass is 10.0. The van der Waals surface area contributed by atoms with E-state index in [2.05, 4.69) is 5.32 Å². The van der Waals surface area contributed by atoms with Crippen LogP contribution >= 0.6 is 11.6 Å². The lowest BCUT2D eigenvalue weighted by Crippen LogP contribution is -2.50. The van der Waals surface area contributed by atoms with Gasteiger partial charge in [0.05, 0.1) is 22.3 Å². The van der Waals surface area contributed by atoms with E-state index < -0.39 is 5.97 Å². The van der Waals surface area contributed by atoms with Crippen LogP contribution in [0.15, 0.2) is 48.5 Å². The third-order valence-corrected chi connectivity index (χ3v) is 4.65. The van der Waals surface area contributed by atoms with Crippen LogP contribution in [0.5, 0.6) is 0 Å². The van der Waals surface area contributed by atoms with E-state index in [9.17, 15) is 9.59 Å². The predicted octanol–water partition coefficient (Wildman–Crippen LogP) is 3.32. The van der Waals surface area contributed by atoms with E-state index in [0.717, 1.165) is 24.1 Å². The predicted molar refractivity (Wildman–Crippen MR) is 97.1 cm³/mol. The maximum absolute atomic E-state index is 12.8. The molecular formula is C19H19ClN2O3. The molecule has 25 heavy (non-hydrogen) atoms. The number of carboxylic acid groups (broad SMARTS) is 1. The monoisotopic (exact) mass is 358 g/mol. The first kappa shape index (κ1) is 17.5. The van der Waals surface area contributed by atoms with Crippen molar-refractivity contribution in [2.24, 2.45) is 0 Å². The van der Waals surface area contributed by atoms with E-state index in [0.29, 0.717) is 18.1 Å². The van der Waals surface area contributed by atoms with Gasteiger partial charge in [-0.25, -0.2) is 4.79 Å². The summed E-state index contributed by atoms with van der Waals surface area (Å²) >= 11 is 6.22. The molecule has 1 amide bonds. The van der Waals surface area contributed by atoms with Gasteiger partial charge in [-0.15, -0.1) is 0 Å². The number of hydrogen-bond acceptors (Lipinski definition) is 3. The normalized spacial score (nSPS) is 17.6. The van der Waals surface area contributed by atoms with Crippen LogP contribution in [-0.4, -0.2) is 29.6 Å². The number of piperidine rings is 1. The highest BCUT2D eigenvalue weighted by Crippen LogP contribution is 2.28. The van der Waals surface area contributed by atoms with Crippen molar-refractivity contribution in [1.29, 1.82) is 0 Å². The summed E-state index contributed by atoms with van der Waals surface area (Å²) in [4.78, 5) is 25.4. The molecule has 1 unspecified atom stereocenters. The van der Waals surface area contributed by atoms with Crippen LogP contribution < -0.4 is 10.2 Å². The average Bonchev–Trinajstić information content (AvgIpc) is 2.62. The Balaban J connectivity index is 1.65. The Morgan fingerprint density at radius 1 is 1.20 bits per heavy atom. The number of anilines is 1. The Morgan fingerprint density at radius 2 is 1.92 bits per heavy atom. The molecule has 0 saturated carbocycles. The molecule has 3 rings (SSSR count). The van der Waals surface area contributed by atoms with E-state index in [4.69, 9.17) is 16.7 Å². The van der Waals surface area contributed by atoms with Gasteiger partial charge < -0.3 is 15.3 Å². The fourth-order valence-corrected chi connectivity index (χ4v) is 3.22. The van der Waals surface area contributed by atoms with Gasteiger partial charge in [0.25, 0.3) is 0 Å². The van der Waals surface area contributed by atoms with Crippen molar-refractivity contribution >= 4 is 29.2 Å². The minimum atomic E-state index is -0.947. The number of nitrogens with one attached hydrogen (secondary N) is 1. The number of carboxylic acids is 1. The van der Waals surface area contributed by atoms with Crippen molar-refractivity contribution in [2.45, 2.75) is 25.4 Å². The second kappa shape index (κ2) is 7.68. The van der Waals surface area contributed by atoms with Crippen LogP contribution in [0, 0.1) is 0 Å². The zero-order valence-corrected chi connectivity index (χ0v) is 14.4. The van der Waals surface area contributed by atoms with Crippen molar-refractivity contribution < 1.29 is 14.7 Å². The maximum atomic E-state index is 12.8. The average molecular weight is 359 g/mol. The van der Waals surface area contributed by atoms with Crippen molar-refractivity contribution in [3.8, 4) is 0 Å². The fraction of sp³-hybridized carbons (Fsp3) is 0.263. The van der Waals surface area contributed by atoms with Crippen LogP contribution in [0.4, 0.5) is 5.69 Å². The molecule has 0 bridgehead atoms. The lowest BCUT2D eigenvalue weighted by molar-refractivity contribution is -0.121. The van der Waals surface area contributed by atoms with Crippen molar-refractivity contribution in [3.05, 3.63) is 64.7 Å². The minimum Gasteiger partial charge on any atom is -0.478 e. The molecule has 5 nitrogen and oxygen atoms in total. The van der Waals surface area contributed by atoms with Crippen LogP contribution in [0.25, 0.3) is 0 Å². The van der Waals surface area contributed by atoms with E-state index >= 15 is 0 Å². The molecule has 1 aliphatic heterocycles. The Morgan fingerprint density at radius 3 is 2.60 bits per heavy atom. The number of hydrogen-bond donors (Lipinski definition) is 2. The molecule has 1 fully saturated rings. The van der Waals surface area contributed by atoms with Gasteiger partial charge >= 0.3 is 5.97 Å². The van der Waals surface area contributed by atoms with Gasteiger partial charge in [0.1, 0.15) is 0 Å². The van der Waals surface area contributed by atoms with Crippen LogP contribution in [0.2, 0.25) is 5.02 Å². The number of halogens is 1. The second-order valence-corrected chi connectivity index (χ2v) is 6.43. The van der Waals surface area contributed by atoms with Gasteiger partial charge in [-0.05, 0) is 42.7 Å². The first-order valence-corrected chi connectivity index (χ1v) is 8.55. The molecule has 0 aliphatic carbocycles. The molecule has 2 aromatic rings. The van der Waals surface area contributed by atoms with Gasteiger partial charge in [-0.3, -0.25) is 4.79 Å². The van der Waals surface area contributed by atoms with E-state index in [1.165, 1.54) is 0 Å². The molecule has 0 radical (unpaired) electrons. The number of carbonyl (C=O) groups is 2. The Kier molecular flexibility index (Phi) is 5.36. The Hall–Kier alpha value is -2.37. The number of nitrogens with zero attached hydrogens (tertiary/aromatic N) is 1. The largest absolute Gasteiger partial charge is 0.478 e. The summed E-state index contributed by atoms with van der Waals surface area (Å²) in [5, 5.41) is 12.8. The molecule has 2 N–H and O–H groups in total. The first-order chi connectivity index (χ1) is 12.1. The summed E-state index contributed by atoms with van der Waals surface area (Å²) < 4.78 is 0. The summed E-state index contributed by atoms with van der Waals surface area (Å²) in [6.07, 6.45) is 1.67. The molecule has 1 aliphatic rings. The zero-order valence-electron chi connectivity index (χ0n) is 13.6. The van der Waals surface area contributed by atoms with E-state index in [-0.39, 0.29) is 17.5 Å². The Bertz CT molecular complexity index is 776. The van der Waals surface area contributed by atoms with Crippen LogP contribution in [0.3, 0.4) is 0 Å². The third kappa shape index (κ3) is 4.00. The zero-order chi connectivity index (χ0) is 17.8. The molecule has 1 saturated heterocycles. The Labute approximate surface area is 151 Å². The molecule has 1 heterocycles. The second-order valence-electron chi connectivity index (χ2n) is 6.02. The van der Waals surface area contributed by atoms with Crippen molar-refractivity contribution in [1.82, 2.24) is 5.32 Å². The number of para-hydroxylation sites is 1. The quantitative estimate of drug-likeness (QED) is 0.860. The minimum absolute atomic E-state index is 0.0153. The molecular weight excluding hydrogens is 340 g/mol. The van der Waals surface area contributed by atoms with Crippen LogP contribution in [-0.2, 0) is 11.3 Å². The maximum Gasteiger partial charge on any atom is 0.335 e. The number of benzene rings is 2. The molecule has 1 atom stereocenters. The highest BCUT2D eigenvalue weighted by Gasteiger charge is 2.30. The van der Waals surface area contributed by atoms with Gasteiger partial charge in [0, 0.05) is 13.1 Å².